The molecule has 104 valence electrons. The lowest BCUT2D eigenvalue weighted by molar-refractivity contribution is 0.552. The molecule has 1 heterocycles. The van der Waals surface area contributed by atoms with Gasteiger partial charge in [0.15, 0.2) is 0 Å². The molecule has 0 amide bonds. The van der Waals surface area contributed by atoms with E-state index in [-0.39, 0.29) is 5.63 Å². The van der Waals surface area contributed by atoms with E-state index in [0.29, 0.717) is 17.6 Å². The van der Waals surface area contributed by atoms with Gasteiger partial charge in [-0.25, -0.2) is 4.79 Å². The Morgan fingerprint density at radius 2 is 1.81 bits per heavy atom. The average Bonchev–Trinajstić information content (AvgIpc) is 2.49. The van der Waals surface area contributed by atoms with Crippen LogP contribution < -0.4 is 5.63 Å². The van der Waals surface area contributed by atoms with E-state index < -0.39 is 0 Å². The first kappa shape index (κ1) is 13.4. The van der Waals surface area contributed by atoms with Crippen LogP contribution in [-0.4, -0.2) is 0 Å². The van der Waals surface area contributed by atoms with Crippen molar-refractivity contribution in [1.29, 1.82) is 0 Å². The van der Waals surface area contributed by atoms with E-state index in [1.54, 1.807) is 6.08 Å². The lowest BCUT2D eigenvalue weighted by Crippen LogP contribution is -2.06. The zero-order chi connectivity index (χ0) is 14.7. The van der Waals surface area contributed by atoms with Gasteiger partial charge in [0, 0.05) is 10.9 Å². The Morgan fingerprint density at radius 3 is 2.57 bits per heavy atom. The predicted octanol–water partition coefficient (Wildman–Crippen LogP) is 4.11. The van der Waals surface area contributed by atoms with Crippen LogP contribution in [0.4, 0.5) is 0 Å². The Labute approximate surface area is 123 Å². The van der Waals surface area contributed by atoms with Gasteiger partial charge in [-0.2, -0.15) is 0 Å². The van der Waals surface area contributed by atoms with Crippen molar-refractivity contribution in [3.63, 3.8) is 0 Å². The fourth-order valence-corrected chi connectivity index (χ4v) is 2.44. The first-order valence-corrected chi connectivity index (χ1v) is 6.97. The second kappa shape index (κ2) is 5.80. The lowest BCUT2D eigenvalue weighted by Gasteiger charge is -2.04. The highest BCUT2D eigenvalue weighted by atomic mass is 16.4. The largest absolute Gasteiger partial charge is 0.423 e. The second-order valence-corrected chi connectivity index (χ2v) is 5.09. The summed E-state index contributed by atoms with van der Waals surface area (Å²) in [6.07, 6.45) is 3.07. The quantitative estimate of drug-likeness (QED) is 0.530. The molecular weight excluding hydrogens is 260 g/mol. The summed E-state index contributed by atoms with van der Waals surface area (Å²) in [7, 11) is 0. The summed E-state index contributed by atoms with van der Waals surface area (Å²) in [6.45, 7) is 3.66. The van der Waals surface area contributed by atoms with Crippen LogP contribution >= 0.6 is 0 Å². The minimum atomic E-state index is -0.278. The molecule has 0 N–H and O–H groups in total. The molecule has 3 rings (SSSR count). The molecule has 2 aromatic carbocycles. The smallest absolute Gasteiger partial charge is 0.339 e. The summed E-state index contributed by atoms with van der Waals surface area (Å²) in [5, 5.41) is 0.947. The van der Waals surface area contributed by atoms with Gasteiger partial charge in [-0.3, -0.25) is 0 Å². The molecule has 2 nitrogen and oxygen atoms in total. The Morgan fingerprint density at radius 1 is 1.00 bits per heavy atom. The fraction of sp³-hybridized carbons (Fsp3) is 0.105. The molecule has 0 bridgehead atoms. The second-order valence-electron chi connectivity index (χ2n) is 5.09. The van der Waals surface area contributed by atoms with E-state index in [1.807, 2.05) is 36.4 Å². The molecule has 0 unspecified atom stereocenters. The van der Waals surface area contributed by atoms with Crippen LogP contribution in [0.1, 0.15) is 16.7 Å². The summed E-state index contributed by atoms with van der Waals surface area (Å²) >= 11 is 0. The maximum Gasteiger partial charge on any atom is 0.339 e. The van der Waals surface area contributed by atoms with Crippen LogP contribution in [0.5, 0.6) is 0 Å². The van der Waals surface area contributed by atoms with Crippen molar-refractivity contribution >= 4 is 11.0 Å². The van der Waals surface area contributed by atoms with Crippen molar-refractivity contribution in [2.75, 3.05) is 0 Å². The highest BCUT2D eigenvalue weighted by Gasteiger charge is 2.05. The predicted molar refractivity (Wildman–Crippen MR) is 85.6 cm³/mol. The van der Waals surface area contributed by atoms with Gasteiger partial charge < -0.3 is 4.42 Å². The van der Waals surface area contributed by atoms with E-state index in [2.05, 4.69) is 24.8 Å². The zero-order valence-corrected chi connectivity index (χ0v) is 11.7. The molecule has 0 aliphatic heterocycles. The van der Waals surface area contributed by atoms with Crippen molar-refractivity contribution < 1.29 is 4.42 Å². The monoisotopic (exact) mass is 276 g/mol. The van der Waals surface area contributed by atoms with Crippen molar-refractivity contribution in [2.45, 2.75) is 12.8 Å². The van der Waals surface area contributed by atoms with E-state index in [4.69, 9.17) is 4.42 Å². The summed E-state index contributed by atoms with van der Waals surface area (Å²) in [6, 6.07) is 18.1. The standard InChI is InChI=1S/C19H16O2/c1-2-6-17-13-16-10-9-15(12-18(16)21-19(17)20)11-14-7-4-3-5-8-14/h2-5,7-10,12-13H,1,6,11H2. The van der Waals surface area contributed by atoms with Crippen molar-refractivity contribution in [3.8, 4) is 0 Å². The topological polar surface area (TPSA) is 30.2 Å². The van der Waals surface area contributed by atoms with E-state index in [0.717, 1.165) is 17.4 Å². The van der Waals surface area contributed by atoms with Gasteiger partial charge in [0.25, 0.3) is 0 Å². The van der Waals surface area contributed by atoms with Gasteiger partial charge >= 0.3 is 5.63 Å². The number of hydrogen-bond acceptors (Lipinski definition) is 2. The van der Waals surface area contributed by atoms with Crippen LogP contribution in [0.25, 0.3) is 11.0 Å². The van der Waals surface area contributed by atoms with Crippen LogP contribution in [0.2, 0.25) is 0 Å². The molecule has 3 aromatic rings. The van der Waals surface area contributed by atoms with Gasteiger partial charge in [0.1, 0.15) is 5.58 Å². The summed E-state index contributed by atoms with van der Waals surface area (Å²) in [4.78, 5) is 11.9. The molecule has 0 aliphatic rings. The van der Waals surface area contributed by atoms with Gasteiger partial charge in [-0.1, -0.05) is 48.5 Å². The maximum atomic E-state index is 11.9. The first-order valence-electron chi connectivity index (χ1n) is 6.97. The molecule has 0 atom stereocenters. The van der Waals surface area contributed by atoms with Gasteiger partial charge in [-0.15, -0.1) is 6.58 Å². The van der Waals surface area contributed by atoms with Crippen LogP contribution in [0, 0.1) is 0 Å². The summed E-state index contributed by atoms with van der Waals surface area (Å²) < 4.78 is 5.42. The zero-order valence-electron chi connectivity index (χ0n) is 11.7. The fourth-order valence-electron chi connectivity index (χ4n) is 2.44. The molecule has 0 fully saturated rings. The Balaban J connectivity index is 1.98. The van der Waals surface area contributed by atoms with Crippen molar-refractivity contribution in [1.82, 2.24) is 0 Å². The SMILES string of the molecule is C=CCc1cc2ccc(Cc3ccccc3)cc2oc1=O. The number of hydrogen-bond donors (Lipinski definition) is 0. The van der Waals surface area contributed by atoms with E-state index in [9.17, 15) is 4.79 Å². The van der Waals surface area contributed by atoms with Crippen LogP contribution in [0.3, 0.4) is 0 Å². The Kier molecular flexibility index (Phi) is 3.69. The maximum absolute atomic E-state index is 11.9. The molecule has 0 saturated carbocycles. The minimum absolute atomic E-state index is 0.278. The molecule has 0 saturated heterocycles. The normalized spacial score (nSPS) is 10.7. The third kappa shape index (κ3) is 2.95. The Bertz CT molecular complexity index is 829. The number of rotatable bonds is 4. The number of allylic oxidation sites excluding steroid dienone is 1. The van der Waals surface area contributed by atoms with Crippen LogP contribution in [0.15, 0.2) is 76.5 Å². The third-order valence-corrected chi connectivity index (χ3v) is 3.49. The molecule has 0 aliphatic carbocycles. The molecule has 0 radical (unpaired) electrons. The van der Waals surface area contributed by atoms with Gasteiger partial charge in [0.05, 0.1) is 0 Å². The van der Waals surface area contributed by atoms with Gasteiger partial charge in [-0.05, 0) is 36.1 Å². The molecular formula is C19H16O2. The van der Waals surface area contributed by atoms with Crippen LogP contribution in [-0.2, 0) is 12.8 Å². The molecule has 2 heteroatoms. The Hall–Kier alpha value is -2.61. The number of benzene rings is 2. The highest BCUT2D eigenvalue weighted by Crippen LogP contribution is 2.18. The van der Waals surface area contributed by atoms with Crippen molar-refractivity contribution in [3.05, 3.63) is 94.4 Å². The van der Waals surface area contributed by atoms with E-state index in [1.165, 1.54) is 5.56 Å². The van der Waals surface area contributed by atoms with E-state index >= 15 is 0 Å². The first-order chi connectivity index (χ1) is 10.3. The number of fused-ring (bicyclic) bond motifs is 1. The highest BCUT2D eigenvalue weighted by molar-refractivity contribution is 5.77. The third-order valence-electron chi connectivity index (χ3n) is 3.49. The average molecular weight is 276 g/mol. The lowest BCUT2D eigenvalue weighted by atomic mass is 10.0. The summed E-state index contributed by atoms with van der Waals surface area (Å²) in [5.41, 5.74) is 3.38. The van der Waals surface area contributed by atoms with Crippen molar-refractivity contribution in [2.24, 2.45) is 0 Å². The van der Waals surface area contributed by atoms with Gasteiger partial charge in [0.2, 0.25) is 0 Å². The molecule has 21 heavy (non-hydrogen) atoms. The summed E-state index contributed by atoms with van der Waals surface area (Å²) in [5.74, 6) is 0. The minimum Gasteiger partial charge on any atom is -0.423 e. The molecule has 0 spiro atoms. The molecule has 1 aromatic heterocycles.